The Morgan fingerprint density at radius 3 is 2.52 bits per heavy atom. The third-order valence-electron chi connectivity index (χ3n) is 7.58. The van der Waals surface area contributed by atoms with Gasteiger partial charge >= 0.3 is 0 Å². The monoisotopic (exact) mass is 419 g/mol. The van der Waals surface area contributed by atoms with Crippen molar-refractivity contribution in [3.8, 4) is 0 Å². The third-order valence-corrected chi connectivity index (χ3v) is 7.58. The molecule has 166 valence electrons. The number of benzene rings is 1. The number of fused-ring (bicyclic) bond motifs is 1. The van der Waals surface area contributed by atoms with E-state index in [0.29, 0.717) is 0 Å². The van der Waals surface area contributed by atoms with E-state index in [2.05, 4.69) is 40.5 Å². The van der Waals surface area contributed by atoms with Gasteiger partial charge in [0.25, 0.3) is 0 Å². The number of aryl methyl sites for hydroxylation is 1. The van der Waals surface area contributed by atoms with E-state index < -0.39 is 5.54 Å². The molecule has 1 saturated carbocycles. The van der Waals surface area contributed by atoms with Gasteiger partial charge in [0.05, 0.1) is 5.54 Å². The van der Waals surface area contributed by atoms with Gasteiger partial charge in [0.2, 0.25) is 0 Å². The van der Waals surface area contributed by atoms with Crippen LogP contribution in [-0.4, -0.2) is 29.1 Å². The van der Waals surface area contributed by atoms with Gasteiger partial charge in [-0.05, 0) is 63.4 Å². The van der Waals surface area contributed by atoms with Gasteiger partial charge in [-0.1, -0.05) is 43.2 Å². The second kappa shape index (κ2) is 9.25. The van der Waals surface area contributed by atoms with E-state index in [1.54, 1.807) is 0 Å². The number of rotatable bonds is 5. The van der Waals surface area contributed by atoms with E-state index in [1.165, 1.54) is 61.2 Å². The van der Waals surface area contributed by atoms with Crippen LogP contribution in [0.4, 0.5) is 5.82 Å². The molecule has 0 bridgehead atoms. The van der Waals surface area contributed by atoms with Crippen LogP contribution in [0.1, 0.15) is 80.4 Å². The summed E-state index contributed by atoms with van der Waals surface area (Å²) in [6.07, 6.45) is 13.1. The molecule has 2 aliphatic carbocycles. The van der Waals surface area contributed by atoms with Crippen molar-refractivity contribution in [1.29, 1.82) is 0 Å². The molecular weight excluding hydrogens is 382 g/mol. The molecule has 2 fully saturated rings. The highest BCUT2D eigenvalue weighted by Gasteiger charge is 2.44. The van der Waals surface area contributed by atoms with Crippen LogP contribution in [0.15, 0.2) is 30.3 Å². The lowest BCUT2D eigenvalue weighted by Gasteiger charge is -2.34. The molecule has 1 aliphatic heterocycles. The summed E-state index contributed by atoms with van der Waals surface area (Å²) in [5, 5.41) is 3.76. The van der Waals surface area contributed by atoms with Crippen molar-refractivity contribution in [3.63, 3.8) is 0 Å². The maximum Gasteiger partial charge on any atom is 0.152 e. The highest BCUT2D eigenvalue weighted by atomic mass is 15.2. The van der Waals surface area contributed by atoms with Gasteiger partial charge in [-0.3, -0.25) is 0 Å². The zero-order chi connectivity index (χ0) is 21.1. The summed E-state index contributed by atoms with van der Waals surface area (Å²) in [5.41, 5.74) is 10.6. The van der Waals surface area contributed by atoms with Gasteiger partial charge < -0.3 is 16.0 Å². The van der Waals surface area contributed by atoms with Crippen LogP contribution < -0.4 is 16.0 Å². The molecule has 1 saturated heterocycles. The Bertz CT molecular complexity index is 875. The normalized spacial score (nSPS) is 26.5. The van der Waals surface area contributed by atoms with Crippen molar-refractivity contribution in [2.45, 2.75) is 88.8 Å². The first-order valence-electron chi connectivity index (χ1n) is 12.5. The smallest absolute Gasteiger partial charge is 0.152 e. The molecule has 3 aliphatic rings. The molecule has 2 atom stereocenters. The molecule has 31 heavy (non-hydrogen) atoms. The minimum absolute atomic E-state index is 0.214. The Morgan fingerprint density at radius 2 is 1.71 bits per heavy atom. The van der Waals surface area contributed by atoms with Crippen LogP contribution in [0, 0.1) is 0 Å². The summed E-state index contributed by atoms with van der Waals surface area (Å²) >= 11 is 0. The van der Waals surface area contributed by atoms with E-state index in [0.717, 1.165) is 57.6 Å². The quantitative estimate of drug-likeness (QED) is 0.759. The fourth-order valence-corrected chi connectivity index (χ4v) is 5.75. The molecule has 3 N–H and O–H groups in total. The Balaban J connectivity index is 1.45. The lowest BCUT2D eigenvalue weighted by atomic mass is 9.90. The van der Waals surface area contributed by atoms with E-state index >= 15 is 0 Å². The molecule has 5 heteroatoms. The van der Waals surface area contributed by atoms with Crippen molar-refractivity contribution < 1.29 is 0 Å². The highest BCUT2D eigenvalue weighted by molar-refractivity contribution is 5.51. The van der Waals surface area contributed by atoms with Gasteiger partial charge in [-0.15, -0.1) is 0 Å². The molecule has 0 amide bonds. The zero-order valence-electron chi connectivity index (χ0n) is 18.8. The Labute approximate surface area is 186 Å². The summed E-state index contributed by atoms with van der Waals surface area (Å²) < 4.78 is 0. The van der Waals surface area contributed by atoms with Crippen molar-refractivity contribution in [2.24, 2.45) is 5.73 Å². The van der Waals surface area contributed by atoms with Gasteiger partial charge in [0, 0.05) is 36.9 Å². The minimum Gasteiger partial charge on any atom is -0.356 e. The molecule has 0 radical (unpaired) electrons. The number of hydrogen-bond acceptors (Lipinski definition) is 5. The Kier molecular flexibility index (Phi) is 6.24. The first-order valence-corrected chi connectivity index (χ1v) is 12.5. The van der Waals surface area contributed by atoms with Crippen LogP contribution in [0.3, 0.4) is 0 Å². The average Bonchev–Trinajstić information content (AvgIpc) is 3.00. The fourth-order valence-electron chi connectivity index (χ4n) is 5.75. The van der Waals surface area contributed by atoms with Crippen LogP contribution >= 0.6 is 0 Å². The van der Waals surface area contributed by atoms with Crippen LogP contribution in [-0.2, 0) is 24.9 Å². The van der Waals surface area contributed by atoms with Gasteiger partial charge in [0.1, 0.15) is 5.82 Å². The zero-order valence-corrected chi connectivity index (χ0v) is 18.8. The molecule has 2 unspecified atom stereocenters. The predicted octanol–water partition coefficient (Wildman–Crippen LogP) is 4.23. The minimum atomic E-state index is -0.484. The second-order valence-corrected chi connectivity index (χ2v) is 9.76. The number of anilines is 1. The van der Waals surface area contributed by atoms with E-state index in [9.17, 15) is 0 Å². The number of nitrogens with zero attached hydrogens (tertiary/aromatic N) is 3. The highest BCUT2D eigenvalue weighted by Crippen LogP contribution is 2.38. The largest absolute Gasteiger partial charge is 0.356 e. The summed E-state index contributed by atoms with van der Waals surface area (Å²) in [6, 6.07) is 10.8. The topological polar surface area (TPSA) is 67.1 Å². The van der Waals surface area contributed by atoms with E-state index in [1.807, 2.05) is 0 Å². The third kappa shape index (κ3) is 4.35. The van der Waals surface area contributed by atoms with Crippen LogP contribution in [0.2, 0.25) is 0 Å². The standard InChI is InChI=1S/C26H37N5/c27-26(16-10-15-23(26)28-19-20-11-4-3-5-12-20)25-29-22-14-7-6-13-21(22)24(30-25)31-17-8-1-2-9-18-31/h3-5,11-12,23,28H,1-2,6-10,13-19,27H2. The van der Waals surface area contributed by atoms with Crippen LogP contribution in [0.25, 0.3) is 0 Å². The molecule has 2 heterocycles. The molecule has 1 aromatic carbocycles. The number of nitrogens with two attached hydrogens (primary N) is 1. The molecule has 5 rings (SSSR count). The number of hydrogen-bond donors (Lipinski definition) is 2. The lowest BCUT2D eigenvalue weighted by Crippen LogP contribution is -2.52. The first-order chi connectivity index (χ1) is 15.2. The average molecular weight is 420 g/mol. The molecule has 5 nitrogen and oxygen atoms in total. The number of nitrogens with one attached hydrogen (secondary N) is 1. The number of aromatic nitrogens is 2. The van der Waals surface area contributed by atoms with E-state index in [4.69, 9.17) is 15.7 Å². The first kappa shape index (κ1) is 20.9. The Hall–Kier alpha value is -1.98. The van der Waals surface area contributed by atoms with Gasteiger partial charge in [-0.25, -0.2) is 9.97 Å². The van der Waals surface area contributed by atoms with Crippen molar-refractivity contribution in [3.05, 3.63) is 53.0 Å². The van der Waals surface area contributed by atoms with Crippen molar-refractivity contribution >= 4 is 5.82 Å². The van der Waals surface area contributed by atoms with Crippen molar-refractivity contribution in [1.82, 2.24) is 15.3 Å². The van der Waals surface area contributed by atoms with E-state index in [-0.39, 0.29) is 6.04 Å². The van der Waals surface area contributed by atoms with Gasteiger partial charge in [-0.2, -0.15) is 0 Å². The second-order valence-electron chi connectivity index (χ2n) is 9.76. The SMILES string of the molecule is NC1(c2nc3c(c(N4CCCCCC4)n2)CCCC3)CCCC1NCc1ccccc1. The summed E-state index contributed by atoms with van der Waals surface area (Å²) in [6.45, 7) is 3.08. The molecule has 2 aromatic rings. The molecular formula is C26H37N5. The lowest BCUT2D eigenvalue weighted by molar-refractivity contribution is 0.323. The predicted molar refractivity (Wildman–Crippen MR) is 126 cm³/mol. The molecule has 1 aromatic heterocycles. The van der Waals surface area contributed by atoms with Crippen molar-refractivity contribution in [2.75, 3.05) is 18.0 Å². The van der Waals surface area contributed by atoms with Gasteiger partial charge in [0.15, 0.2) is 5.82 Å². The molecule has 0 spiro atoms. The maximum absolute atomic E-state index is 7.15. The summed E-state index contributed by atoms with van der Waals surface area (Å²) in [4.78, 5) is 13.0. The fraction of sp³-hybridized carbons (Fsp3) is 0.615. The van der Waals surface area contributed by atoms with Crippen LogP contribution in [0.5, 0.6) is 0 Å². The maximum atomic E-state index is 7.15. The Morgan fingerprint density at radius 1 is 0.935 bits per heavy atom. The summed E-state index contributed by atoms with van der Waals surface area (Å²) in [7, 11) is 0. The summed E-state index contributed by atoms with van der Waals surface area (Å²) in [5.74, 6) is 2.09.